The zero-order valence-corrected chi connectivity index (χ0v) is 9.70. The number of aliphatic imine (C=N–C) groups is 1. The van der Waals surface area contributed by atoms with Crippen LogP contribution in [0.2, 0.25) is 0 Å². The Kier molecular flexibility index (Phi) is 2.76. The summed E-state index contributed by atoms with van der Waals surface area (Å²) in [6.07, 6.45) is 1.94. The fourth-order valence-corrected chi connectivity index (χ4v) is 1.92. The minimum atomic E-state index is 0.602. The van der Waals surface area contributed by atoms with E-state index >= 15 is 0 Å². The Balaban J connectivity index is 2.30. The number of hydrogen-bond acceptors (Lipinski definition) is 2. The van der Waals surface area contributed by atoms with Gasteiger partial charge >= 0.3 is 0 Å². The van der Waals surface area contributed by atoms with Crippen molar-refractivity contribution >= 4 is 12.0 Å². The van der Waals surface area contributed by atoms with E-state index in [1.54, 1.807) is 0 Å². The van der Waals surface area contributed by atoms with Crippen LogP contribution >= 0.6 is 0 Å². The lowest BCUT2D eigenvalue weighted by Gasteiger charge is -2.18. The largest absolute Gasteiger partial charge is 0.331 e. The predicted molar refractivity (Wildman–Crippen MR) is 66.0 cm³/mol. The minimum absolute atomic E-state index is 0.602. The van der Waals surface area contributed by atoms with Crippen LogP contribution in [0, 0.1) is 6.92 Å². The number of benzene rings is 1. The molecule has 0 spiro atoms. The van der Waals surface area contributed by atoms with Crippen molar-refractivity contribution in [3.63, 3.8) is 0 Å². The molecule has 0 unspecified atom stereocenters. The van der Waals surface area contributed by atoms with E-state index in [4.69, 9.17) is 0 Å². The van der Waals surface area contributed by atoms with Crippen LogP contribution in [0.1, 0.15) is 30.9 Å². The lowest BCUT2D eigenvalue weighted by molar-refractivity contribution is 0.864. The second kappa shape index (κ2) is 4.05. The van der Waals surface area contributed by atoms with Crippen molar-refractivity contribution in [2.75, 3.05) is 18.0 Å². The molecule has 1 aromatic carbocycles. The average Bonchev–Trinajstić information content (AvgIpc) is 2.70. The van der Waals surface area contributed by atoms with Crippen LogP contribution in [-0.2, 0) is 0 Å². The van der Waals surface area contributed by atoms with Crippen LogP contribution < -0.4 is 4.90 Å². The van der Waals surface area contributed by atoms with E-state index in [1.165, 1.54) is 16.8 Å². The molecule has 0 bridgehead atoms. The van der Waals surface area contributed by atoms with Gasteiger partial charge < -0.3 is 4.90 Å². The van der Waals surface area contributed by atoms with Crippen LogP contribution in [0.5, 0.6) is 0 Å². The molecule has 0 aliphatic carbocycles. The van der Waals surface area contributed by atoms with Crippen molar-refractivity contribution in [2.24, 2.45) is 4.99 Å². The third-order valence-electron chi connectivity index (χ3n) is 2.89. The highest BCUT2D eigenvalue weighted by Crippen LogP contribution is 2.24. The van der Waals surface area contributed by atoms with Gasteiger partial charge in [-0.15, -0.1) is 0 Å². The quantitative estimate of drug-likeness (QED) is 0.720. The van der Waals surface area contributed by atoms with Crippen LogP contribution in [0.25, 0.3) is 0 Å². The molecule has 0 saturated carbocycles. The summed E-state index contributed by atoms with van der Waals surface area (Å²) in [7, 11) is 0. The molecule has 2 nitrogen and oxygen atoms in total. The molecule has 1 aliphatic heterocycles. The Morgan fingerprint density at radius 3 is 2.67 bits per heavy atom. The number of hydrogen-bond donors (Lipinski definition) is 0. The normalized spacial score (nSPS) is 15.3. The zero-order valence-electron chi connectivity index (χ0n) is 9.70. The maximum Gasteiger partial charge on any atom is 0.0895 e. The Morgan fingerprint density at radius 2 is 2.13 bits per heavy atom. The van der Waals surface area contributed by atoms with E-state index < -0.39 is 0 Å². The van der Waals surface area contributed by atoms with Crippen molar-refractivity contribution in [1.82, 2.24) is 0 Å². The fourth-order valence-electron chi connectivity index (χ4n) is 1.92. The first-order chi connectivity index (χ1) is 7.18. The Morgan fingerprint density at radius 1 is 1.33 bits per heavy atom. The monoisotopic (exact) mass is 202 g/mol. The standard InChI is InChI=1S/C13H18N2/c1-10(2)12-4-5-13(11(3)8-12)15-7-6-14-9-15/h4-5,8-10H,6-7H2,1-3H3. The highest BCUT2D eigenvalue weighted by molar-refractivity contribution is 5.82. The van der Waals surface area contributed by atoms with Gasteiger partial charge in [0.05, 0.1) is 12.9 Å². The summed E-state index contributed by atoms with van der Waals surface area (Å²) in [4.78, 5) is 6.46. The highest BCUT2D eigenvalue weighted by Gasteiger charge is 2.11. The third kappa shape index (κ3) is 2.04. The number of nitrogens with zero attached hydrogens (tertiary/aromatic N) is 2. The smallest absolute Gasteiger partial charge is 0.0895 e. The molecule has 0 aromatic heterocycles. The maximum absolute atomic E-state index is 4.24. The number of anilines is 1. The Bertz CT molecular complexity index is 380. The first-order valence-electron chi connectivity index (χ1n) is 5.55. The first kappa shape index (κ1) is 10.2. The van der Waals surface area contributed by atoms with Gasteiger partial charge in [0.15, 0.2) is 0 Å². The van der Waals surface area contributed by atoms with Crippen molar-refractivity contribution in [3.8, 4) is 0 Å². The lowest BCUT2D eigenvalue weighted by atomic mass is 10.00. The van der Waals surface area contributed by atoms with Crippen LogP contribution in [-0.4, -0.2) is 19.4 Å². The summed E-state index contributed by atoms with van der Waals surface area (Å²) in [5.41, 5.74) is 4.04. The average molecular weight is 202 g/mol. The van der Waals surface area contributed by atoms with Crippen LogP contribution in [0.4, 0.5) is 5.69 Å². The second-order valence-electron chi connectivity index (χ2n) is 4.42. The maximum atomic E-state index is 4.24. The lowest BCUT2D eigenvalue weighted by Crippen LogP contribution is -2.19. The van der Waals surface area contributed by atoms with Gasteiger partial charge in [0.1, 0.15) is 0 Å². The summed E-state index contributed by atoms with van der Waals surface area (Å²) >= 11 is 0. The van der Waals surface area contributed by atoms with Gasteiger partial charge in [0.2, 0.25) is 0 Å². The zero-order chi connectivity index (χ0) is 10.8. The van der Waals surface area contributed by atoms with Crippen molar-refractivity contribution in [3.05, 3.63) is 29.3 Å². The summed E-state index contributed by atoms with van der Waals surface area (Å²) in [6, 6.07) is 6.72. The molecule has 0 fully saturated rings. The van der Waals surface area contributed by atoms with Gasteiger partial charge in [-0.05, 0) is 30.0 Å². The van der Waals surface area contributed by atoms with Gasteiger partial charge in [-0.3, -0.25) is 4.99 Å². The van der Waals surface area contributed by atoms with Crippen LogP contribution in [0.15, 0.2) is 23.2 Å². The van der Waals surface area contributed by atoms with E-state index in [9.17, 15) is 0 Å². The van der Waals surface area contributed by atoms with Crippen LogP contribution in [0.3, 0.4) is 0 Å². The SMILES string of the molecule is Cc1cc(C(C)C)ccc1N1C=NCC1. The molecule has 0 amide bonds. The molecule has 0 N–H and O–H groups in total. The molecule has 15 heavy (non-hydrogen) atoms. The van der Waals surface area contributed by atoms with Crippen molar-refractivity contribution in [1.29, 1.82) is 0 Å². The van der Waals surface area contributed by atoms with E-state index in [1.807, 2.05) is 6.34 Å². The van der Waals surface area contributed by atoms with Gasteiger partial charge in [-0.25, -0.2) is 0 Å². The molecular weight excluding hydrogens is 184 g/mol. The molecule has 1 aliphatic rings. The summed E-state index contributed by atoms with van der Waals surface area (Å²) in [6.45, 7) is 8.57. The predicted octanol–water partition coefficient (Wildman–Crippen LogP) is 2.97. The topological polar surface area (TPSA) is 15.6 Å². The summed E-state index contributed by atoms with van der Waals surface area (Å²) < 4.78 is 0. The fraction of sp³-hybridized carbons (Fsp3) is 0.462. The highest BCUT2D eigenvalue weighted by atomic mass is 15.2. The molecule has 1 aromatic rings. The summed E-state index contributed by atoms with van der Waals surface area (Å²) in [5.74, 6) is 0.602. The third-order valence-corrected chi connectivity index (χ3v) is 2.89. The molecule has 2 heteroatoms. The van der Waals surface area contributed by atoms with E-state index in [0.717, 1.165) is 13.1 Å². The molecule has 0 radical (unpaired) electrons. The second-order valence-corrected chi connectivity index (χ2v) is 4.42. The van der Waals surface area contributed by atoms with Gasteiger partial charge in [-0.1, -0.05) is 26.0 Å². The molecule has 2 rings (SSSR count). The van der Waals surface area contributed by atoms with E-state index in [2.05, 4.69) is 48.9 Å². The van der Waals surface area contributed by atoms with Gasteiger partial charge in [0, 0.05) is 12.2 Å². The molecule has 0 saturated heterocycles. The molecule has 0 atom stereocenters. The van der Waals surface area contributed by atoms with E-state index in [-0.39, 0.29) is 0 Å². The first-order valence-corrected chi connectivity index (χ1v) is 5.55. The van der Waals surface area contributed by atoms with Gasteiger partial charge in [0.25, 0.3) is 0 Å². The summed E-state index contributed by atoms with van der Waals surface area (Å²) in [5, 5.41) is 0. The number of rotatable bonds is 2. The molecule has 80 valence electrons. The van der Waals surface area contributed by atoms with E-state index in [0.29, 0.717) is 5.92 Å². The molecule has 1 heterocycles. The van der Waals surface area contributed by atoms with Crippen molar-refractivity contribution < 1.29 is 0 Å². The molecular formula is C13H18N2. The van der Waals surface area contributed by atoms with Crippen molar-refractivity contribution in [2.45, 2.75) is 26.7 Å². The Hall–Kier alpha value is -1.31. The van der Waals surface area contributed by atoms with Gasteiger partial charge in [-0.2, -0.15) is 0 Å². The minimum Gasteiger partial charge on any atom is -0.331 e. The number of aryl methyl sites for hydroxylation is 1. The Labute approximate surface area is 91.6 Å².